The van der Waals surface area contributed by atoms with E-state index in [4.69, 9.17) is 15.9 Å². The molecule has 0 saturated heterocycles. The summed E-state index contributed by atoms with van der Waals surface area (Å²) in [5.74, 6) is -1.06. The largest absolute Gasteiger partial charge is 0.506 e. The zero-order valence-electron chi connectivity index (χ0n) is 16.9. The lowest BCUT2D eigenvalue weighted by molar-refractivity contribution is -0.525. The molecule has 1 heterocycles. The van der Waals surface area contributed by atoms with Crippen LogP contribution in [-0.2, 0) is 9.59 Å². The number of hydrogen-bond acceptors (Lipinski definition) is 8. The number of rotatable bonds is 10. The molecule has 0 spiro atoms. The van der Waals surface area contributed by atoms with Crippen LogP contribution < -0.4 is 27.5 Å². The van der Waals surface area contributed by atoms with Gasteiger partial charge in [0.15, 0.2) is 5.03 Å². The van der Waals surface area contributed by atoms with Crippen molar-refractivity contribution >= 4 is 35.2 Å². The molecule has 0 unspecified atom stereocenters. The van der Waals surface area contributed by atoms with E-state index in [2.05, 4.69) is 15.6 Å². The van der Waals surface area contributed by atoms with Gasteiger partial charge in [-0.2, -0.15) is 0 Å². The molecule has 1 atom stereocenters. The van der Waals surface area contributed by atoms with E-state index in [1.54, 1.807) is 17.6 Å². The Morgan fingerprint density at radius 3 is 2.78 bits per heavy atom. The van der Waals surface area contributed by atoms with Gasteiger partial charge in [-0.3, -0.25) is 9.59 Å². The molecule has 0 aliphatic heterocycles. The molecule has 0 fully saturated rings. The fourth-order valence-electron chi connectivity index (χ4n) is 2.44. The second kappa shape index (κ2) is 11.7. The van der Waals surface area contributed by atoms with Gasteiger partial charge >= 0.3 is 0 Å². The number of furan rings is 1. The van der Waals surface area contributed by atoms with Crippen molar-refractivity contribution in [3.05, 3.63) is 58.5 Å². The summed E-state index contributed by atoms with van der Waals surface area (Å²) in [5, 5.41) is 24.5. The Kier molecular flexibility index (Phi) is 8.74. The zero-order chi connectivity index (χ0) is 23.5. The molecule has 8 N–H and O–H groups in total. The minimum atomic E-state index is -0.927. The molecule has 2 rings (SSSR count). The number of nitrogens with zero attached hydrogens (tertiary/aromatic N) is 2. The van der Waals surface area contributed by atoms with Crippen molar-refractivity contribution in [2.45, 2.75) is 18.9 Å². The molecule has 1 aromatic heterocycles. The van der Waals surface area contributed by atoms with Gasteiger partial charge < -0.3 is 31.6 Å². The topological polar surface area (TPSA) is 211 Å². The normalized spacial score (nSPS) is 12.3. The minimum absolute atomic E-state index is 0.0655. The third-order valence-electron chi connectivity index (χ3n) is 3.96. The average Bonchev–Trinajstić information content (AvgIpc) is 3.25. The number of hydrazine groups is 1. The number of nitrogens with two attached hydrogens (primary N) is 2. The number of amides is 2. The number of phenolic OH excluding ortho intramolecular Hbond substituents is 1. The first kappa shape index (κ1) is 23.9. The highest BCUT2D eigenvalue weighted by Crippen LogP contribution is 2.27. The highest BCUT2D eigenvalue weighted by Gasteiger charge is 2.15. The standard InChI is InChI=1S/C19H23N7O6/c20-14(4-1-9-22-19(21)25-26(30)31)18(29)24-15-11-12(5-7-16(15)27)23-17(28)8-6-13-3-2-10-32-13/h2-3,5-8,10-11,14,27H,1,4,9,20H2,(H,23,28)(H,24,29)(H3,21,22,25)/t14-/m0/s1. The van der Waals surface area contributed by atoms with Crippen LogP contribution in [0.2, 0.25) is 0 Å². The molecule has 13 heteroatoms. The molecule has 0 aliphatic carbocycles. The Morgan fingerprint density at radius 2 is 2.09 bits per heavy atom. The predicted octanol–water partition coefficient (Wildman–Crippen LogP) is 0.779. The Balaban J connectivity index is 1.87. The first-order chi connectivity index (χ1) is 15.2. The van der Waals surface area contributed by atoms with Gasteiger partial charge in [0.05, 0.1) is 18.0 Å². The molecular formula is C19H23N7O6. The number of hydrogen-bond donors (Lipinski definition) is 6. The number of aromatic hydroxyl groups is 1. The third-order valence-corrected chi connectivity index (χ3v) is 3.96. The van der Waals surface area contributed by atoms with Crippen LogP contribution in [0, 0.1) is 10.1 Å². The molecule has 0 saturated carbocycles. The lowest BCUT2D eigenvalue weighted by Crippen LogP contribution is -2.37. The number of phenols is 1. The fraction of sp³-hybridized carbons (Fsp3) is 0.211. The van der Waals surface area contributed by atoms with Crippen LogP contribution >= 0.6 is 0 Å². The lowest BCUT2D eigenvalue weighted by atomic mass is 10.1. The Morgan fingerprint density at radius 1 is 1.31 bits per heavy atom. The van der Waals surface area contributed by atoms with Gasteiger partial charge in [-0.05, 0) is 49.2 Å². The lowest BCUT2D eigenvalue weighted by Gasteiger charge is -2.14. The van der Waals surface area contributed by atoms with E-state index in [0.717, 1.165) is 0 Å². The average molecular weight is 445 g/mol. The van der Waals surface area contributed by atoms with E-state index in [-0.39, 0.29) is 30.4 Å². The van der Waals surface area contributed by atoms with Crippen molar-refractivity contribution in [1.82, 2.24) is 5.43 Å². The van der Waals surface area contributed by atoms with Gasteiger partial charge in [0.1, 0.15) is 11.5 Å². The van der Waals surface area contributed by atoms with E-state index < -0.39 is 22.9 Å². The number of carbonyl (C=O) groups excluding carboxylic acids is 2. The molecule has 2 aromatic rings. The van der Waals surface area contributed by atoms with E-state index in [1.807, 2.05) is 0 Å². The fourth-order valence-corrected chi connectivity index (χ4v) is 2.44. The van der Waals surface area contributed by atoms with E-state index >= 15 is 0 Å². The second-order valence-corrected chi connectivity index (χ2v) is 6.44. The number of guanidine groups is 1. The third kappa shape index (κ3) is 8.16. The van der Waals surface area contributed by atoms with Crippen LogP contribution in [0.4, 0.5) is 11.4 Å². The molecule has 170 valence electrons. The van der Waals surface area contributed by atoms with Gasteiger partial charge in [-0.15, -0.1) is 0 Å². The van der Waals surface area contributed by atoms with Gasteiger partial charge in [0, 0.05) is 18.3 Å². The van der Waals surface area contributed by atoms with Crippen molar-refractivity contribution in [3.63, 3.8) is 0 Å². The molecule has 0 bridgehead atoms. The predicted molar refractivity (Wildman–Crippen MR) is 117 cm³/mol. The summed E-state index contributed by atoms with van der Waals surface area (Å²) in [6, 6.07) is 6.60. The Hall–Kier alpha value is -4.39. The molecule has 0 aliphatic rings. The number of nitro groups is 1. The molecule has 13 nitrogen and oxygen atoms in total. The molecular weight excluding hydrogens is 422 g/mol. The maximum atomic E-state index is 12.3. The zero-order valence-corrected chi connectivity index (χ0v) is 16.9. The van der Waals surface area contributed by atoms with Crippen molar-refractivity contribution in [2.24, 2.45) is 16.5 Å². The van der Waals surface area contributed by atoms with Crippen molar-refractivity contribution in [3.8, 4) is 5.75 Å². The van der Waals surface area contributed by atoms with Crippen LogP contribution in [0.3, 0.4) is 0 Å². The number of anilines is 2. The molecule has 2 amide bonds. The van der Waals surface area contributed by atoms with Crippen molar-refractivity contribution in [1.29, 1.82) is 0 Å². The van der Waals surface area contributed by atoms with Gasteiger partial charge in [0.2, 0.25) is 11.8 Å². The maximum Gasteiger partial charge on any atom is 0.251 e. The number of carbonyl (C=O) groups is 2. The Bertz CT molecular complexity index is 1000. The summed E-state index contributed by atoms with van der Waals surface area (Å²) in [4.78, 5) is 38.2. The number of benzene rings is 1. The van der Waals surface area contributed by atoms with E-state index in [0.29, 0.717) is 17.9 Å². The maximum absolute atomic E-state index is 12.3. The smallest absolute Gasteiger partial charge is 0.251 e. The van der Waals surface area contributed by atoms with Crippen molar-refractivity contribution in [2.75, 3.05) is 17.2 Å². The summed E-state index contributed by atoms with van der Waals surface area (Å²) in [6.07, 6.45) is 4.81. The monoisotopic (exact) mass is 445 g/mol. The number of aliphatic imine (C=N–C) groups is 1. The molecule has 32 heavy (non-hydrogen) atoms. The number of nitrogens with one attached hydrogen (secondary N) is 3. The second-order valence-electron chi connectivity index (χ2n) is 6.44. The highest BCUT2D eigenvalue weighted by atomic mass is 16.7. The summed E-state index contributed by atoms with van der Waals surface area (Å²) in [6.45, 7) is 0.131. The molecule has 1 aromatic carbocycles. The minimum Gasteiger partial charge on any atom is -0.506 e. The van der Waals surface area contributed by atoms with Crippen molar-refractivity contribution < 1.29 is 24.1 Å². The van der Waals surface area contributed by atoms with Crippen LogP contribution in [0.1, 0.15) is 18.6 Å². The summed E-state index contributed by atoms with van der Waals surface area (Å²) >= 11 is 0. The van der Waals surface area contributed by atoms with Crippen LogP contribution in [0.25, 0.3) is 6.08 Å². The van der Waals surface area contributed by atoms with Gasteiger partial charge in [0.25, 0.3) is 5.96 Å². The van der Waals surface area contributed by atoms with Gasteiger partial charge in [-0.25, -0.2) is 15.1 Å². The van der Waals surface area contributed by atoms with Crippen LogP contribution in [0.15, 0.2) is 52.1 Å². The summed E-state index contributed by atoms with van der Waals surface area (Å²) in [5.41, 5.74) is 13.2. The SMILES string of the molecule is NC(=NCCC[C@H](N)C(=O)Nc1cc(NC(=O)C=Cc2ccco2)ccc1O)N[N+](=O)[O-]. The first-order valence-corrected chi connectivity index (χ1v) is 9.37. The Labute approximate surface area is 182 Å². The van der Waals surface area contributed by atoms with Crippen LogP contribution in [-0.4, -0.2) is 40.5 Å². The van der Waals surface area contributed by atoms with Gasteiger partial charge in [-0.1, -0.05) is 5.43 Å². The quantitative estimate of drug-likeness (QED) is 0.0445. The van der Waals surface area contributed by atoms with Crippen LogP contribution in [0.5, 0.6) is 5.75 Å². The summed E-state index contributed by atoms with van der Waals surface area (Å²) < 4.78 is 5.09. The van der Waals surface area contributed by atoms with E-state index in [9.17, 15) is 24.8 Å². The molecule has 0 radical (unpaired) electrons. The summed E-state index contributed by atoms with van der Waals surface area (Å²) in [7, 11) is 0. The van der Waals surface area contributed by atoms with E-state index in [1.165, 1.54) is 36.6 Å². The highest BCUT2D eigenvalue weighted by molar-refractivity contribution is 6.03. The first-order valence-electron chi connectivity index (χ1n) is 9.37.